The van der Waals surface area contributed by atoms with Gasteiger partial charge in [0.25, 0.3) is 0 Å². The van der Waals surface area contributed by atoms with E-state index in [1.165, 1.54) is 0 Å². The van der Waals surface area contributed by atoms with E-state index in [4.69, 9.17) is 10.2 Å². The molecule has 0 spiro atoms. The van der Waals surface area contributed by atoms with Crippen LogP contribution < -0.4 is 0 Å². The molecule has 15 heavy (non-hydrogen) atoms. The van der Waals surface area contributed by atoms with Crippen molar-refractivity contribution in [2.24, 2.45) is 0 Å². The standard InChI is InChI=1S/C8H13NO6/c1-15-6(11)5-2-8(14,4-10)3-9(5)7(12)13/h5,10,14H,2-4H2,1H3,(H,12,13). The Balaban J connectivity index is 2.86. The van der Waals surface area contributed by atoms with Crippen LogP contribution in [-0.4, -0.2) is 64.2 Å². The molecular formula is C8H13NO6. The highest BCUT2D eigenvalue weighted by Gasteiger charge is 2.48. The average Bonchev–Trinajstić information content (AvgIpc) is 2.56. The summed E-state index contributed by atoms with van der Waals surface area (Å²) in [6, 6.07) is -1.05. The Labute approximate surface area is 85.9 Å². The van der Waals surface area contributed by atoms with E-state index in [0.717, 1.165) is 12.0 Å². The average molecular weight is 219 g/mol. The number of hydrogen-bond donors (Lipinski definition) is 3. The first-order chi connectivity index (χ1) is 6.93. The maximum absolute atomic E-state index is 11.2. The van der Waals surface area contributed by atoms with E-state index in [0.29, 0.717) is 0 Å². The molecule has 0 aromatic rings. The first-order valence-electron chi connectivity index (χ1n) is 4.34. The van der Waals surface area contributed by atoms with Crippen molar-refractivity contribution in [3.63, 3.8) is 0 Å². The number of aliphatic hydroxyl groups is 2. The normalized spacial score (nSPS) is 30.3. The van der Waals surface area contributed by atoms with Gasteiger partial charge in [0.05, 0.1) is 20.3 Å². The number of esters is 1. The number of carbonyl (C=O) groups is 2. The largest absolute Gasteiger partial charge is 0.467 e. The van der Waals surface area contributed by atoms with Crippen molar-refractivity contribution in [2.45, 2.75) is 18.1 Å². The van der Waals surface area contributed by atoms with Crippen molar-refractivity contribution in [1.29, 1.82) is 0 Å². The molecule has 1 amide bonds. The number of ether oxygens (including phenoxy) is 1. The highest BCUT2D eigenvalue weighted by atomic mass is 16.5. The van der Waals surface area contributed by atoms with E-state index in [-0.39, 0.29) is 13.0 Å². The summed E-state index contributed by atoms with van der Waals surface area (Å²) < 4.78 is 4.42. The van der Waals surface area contributed by atoms with Gasteiger partial charge < -0.3 is 20.1 Å². The minimum absolute atomic E-state index is 0.150. The predicted octanol–water partition coefficient (Wildman–Crippen LogP) is -1.36. The van der Waals surface area contributed by atoms with E-state index in [1.54, 1.807) is 0 Å². The highest BCUT2D eigenvalue weighted by Crippen LogP contribution is 2.27. The number of aliphatic hydroxyl groups excluding tert-OH is 1. The Morgan fingerprint density at radius 2 is 2.20 bits per heavy atom. The molecule has 0 radical (unpaired) electrons. The van der Waals surface area contributed by atoms with Crippen molar-refractivity contribution in [2.75, 3.05) is 20.3 Å². The number of carboxylic acid groups (broad SMARTS) is 1. The fraction of sp³-hybridized carbons (Fsp3) is 0.750. The van der Waals surface area contributed by atoms with Gasteiger partial charge in [0.2, 0.25) is 0 Å². The smallest absolute Gasteiger partial charge is 0.408 e. The molecule has 0 aliphatic carbocycles. The minimum Gasteiger partial charge on any atom is -0.467 e. The van der Waals surface area contributed by atoms with Crippen LogP contribution in [0.15, 0.2) is 0 Å². The lowest BCUT2D eigenvalue weighted by Gasteiger charge is -2.19. The van der Waals surface area contributed by atoms with Gasteiger partial charge in [-0.15, -0.1) is 0 Å². The number of methoxy groups -OCH3 is 1. The maximum atomic E-state index is 11.2. The lowest BCUT2D eigenvalue weighted by molar-refractivity contribution is -0.145. The van der Waals surface area contributed by atoms with Crippen molar-refractivity contribution in [1.82, 2.24) is 4.90 Å². The first kappa shape index (κ1) is 11.7. The van der Waals surface area contributed by atoms with E-state index < -0.39 is 30.3 Å². The van der Waals surface area contributed by atoms with Crippen LogP contribution in [0.25, 0.3) is 0 Å². The molecule has 1 heterocycles. The third-order valence-corrected chi connectivity index (χ3v) is 2.43. The summed E-state index contributed by atoms with van der Waals surface area (Å²) in [6.45, 7) is -0.886. The molecule has 0 saturated carbocycles. The Bertz CT molecular complexity index is 280. The minimum atomic E-state index is -1.56. The van der Waals surface area contributed by atoms with Gasteiger partial charge in [-0.2, -0.15) is 0 Å². The fourth-order valence-corrected chi connectivity index (χ4v) is 1.62. The molecule has 1 aliphatic heterocycles. The SMILES string of the molecule is COC(=O)C1CC(O)(CO)CN1C(=O)O. The van der Waals surface area contributed by atoms with Crippen molar-refractivity contribution < 1.29 is 29.6 Å². The molecule has 7 heteroatoms. The van der Waals surface area contributed by atoms with Crippen LogP contribution in [0.1, 0.15) is 6.42 Å². The Morgan fingerprint density at radius 1 is 1.60 bits per heavy atom. The predicted molar refractivity (Wildman–Crippen MR) is 47.2 cm³/mol. The van der Waals surface area contributed by atoms with E-state index >= 15 is 0 Å². The van der Waals surface area contributed by atoms with Crippen molar-refractivity contribution in [3.8, 4) is 0 Å². The van der Waals surface area contributed by atoms with Gasteiger partial charge in [-0.25, -0.2) is 9.59 Å². The van der Waals surface area contributed by atoms with Crippen molar-refractivity contribution in [3.05, 3.63) is 0 Å². The molecule has 1 rings (SSSR count). The van der Waals surface area contributed by atoms with Crippen LogP contribution in [0.4, 0.5) is 4.79 Å². The maximum Gasteiger partial charge on any atom is 0.408 e. The van der Waals surface area contributed by atoms with Gasteiger partial charge in [-0.3, -0.25) is 4.90 Å². The molecule has 7 nitrogen and oxygen atoms in total. The summed E-state index contributed by atoms with van der Waals surface area (Å²) in [5, 5.41) is 27.3. The number of nitrogens with zero attached hydrogens (tertiary/aromatic N) is 1. The second-order valence-electron chi connectivity index (χ2n) is 3.54. The van der Waals surface area contributed by atoms with Crippen LogP contribution in [0.5, 0.6) is 0 Å². The molecule has 0 aromatic carbocycles. The summed E-state index contributed by atoms with van der Waals surface area (Å²) in [4.78, 5) is 22.7. The van der Waals surface area contributed by atoms with E-state index in [2.05, 4.69) is 4.74 Å². The van der Waals surface area contributed by atoms with Gasteiger partial charge in [0.1, 0.15) is 11.6 Å². The summed E-state index contributed by atoms with van der Waals surface area (Å²) in [5.74, 6) is -0.734. The number of rotatable bonds is 2. The second kappa shape index (κ2) is 4.03. The third-order valence-electron chi connectivity index (χ3n) is 2.43. The lowest BCUT2D eigenvalue weighted by atomic mass is 10.0. The zero-order valence-electron chi connectivity index (χ0n) is 8.21. The van der Waals surface area contributed by atoms with Crippen LogP contribution in [0.3, 0.4) is 0 Å². The molecule has 1 fully saturated rings. The van der Waals surface area contributed by atoms with E-state index in [1.807, 2.05) is 0 Å². The second-order valence-corrected chi connectivity index (χ2v) is 3.54. The zero-order valence-corrected chi connectivity index (χ0v) is 8.21. The van der Waals surface area contributed by atoms with Gasteiger partial charge in [-0.05, 0) is 0 Å². The monoisotopic (exact) mass is 219 g/mol. The van der Waals surface area contributed by atoms with Gasteiger partial charge in [-0.1, -0.05) is 0 Å². The first-order valence-corrected chi connectivity index (χ1v) is 4.34. The molecule has 3 N–H and O–H groups in total. The number of likely N-dealkylation sites (tertiary alicyclic amines) is 1. The molecular weight excluding hydrogens is 206 g/mol. The summed E-state index contributed by atoms with van der Waals surface area (Å²) >= 11 is 0. The molecule has 1 saturated heterocycles. The van der Waals surface area contributed by atoms with Gasteiger partial charge >= 0.3 is 12.1 Å². The van der Waals surface area contributed by atoms with E-state index in [9.17, 15) is 14.7 Å². The molecule has 1 aliphatic rings. The molecule has 0 bridgehead atoms. The van der Waals surface area contributed by atoms with Crippen molar-refractivity contribution >= 4 is 12.1 Å². The molecule has 86 valence electrons. The quantitative estimate of drug-likeness (QED) is 0.495. The Morgan fingerprint density at radius 3 is 2.60 bits per heavy atom. The number of carbonyl (C=O) groups excluding carboxylic acids is 1. The number of amides is 1. The fourth-order valence-electron chi connectivity index (χ4n) is 1.62. The lowest BCUT2D eigenvalue weighted by Crippen LogP contribution is -2.41. The Hall–Kier alpha value is -1.34. The number of hydrogen-bond acceptors (Lipinski definition) is 5. The van der Waals surface area contributed by atoms with Crippen LogP contribution in [0, 0.1) is 0 Å². The van der Waals surface area contributed by atoms with Gasteiger partial charge in [0, 0.05) is 6.42 Å². The summed E-state index contributed by atoms with van der Waals surface area (Å²) in [6.07, 6.45) is -1.47. The van der Waals surface area contributed by atoms with Gasteiger partial charge in [0.15, 0.2) is 0 Å². The Kier molecular flexibility index (Phi) is 3.15. The van der Waals surface area contributed by atoms with Crippen LogP contribution in [0.2, 0.25) is 0 Å². The third kappa shape index (κ3) is 2.18. The molecule has 0 aromatic heterocycles. The molecule has 2 unspecified atom stereocenters. The highest BCUT2D eigenvalue weighted by molar-refractivity contribution is 5.81. The topological polar surface area (TPSA) is 107 Å². The van der Waals surface area contributed by atoms with Crippen LogP contribution >= 0.6 is 0 Å². The molecule has 2 atom stereocenters. The number of β-amino-alcohol motifs (C(OH)–C–C–N with tert-alkyl or cyclic N) is 1. The zero-order chi connectivity index (χ0) is 11.6. The summed E-state index contributed by atoms with van der Waals surface area (Å²) in [5.41, 5.74) is -1.56. The summed E-state index contributed by atoms with van der Waals surface area (Å²) in [7, 11) is 1.14. The van der Waals surface area contributed by atoms with Crippen LogP contribution in [-0.2, 0) is 9.53 Å².